The molecule has 0 spiro atoms. The molecule has 0 radical (unpaired) electrons. The average Bonchev–Trinajstić information content (AvgIpc) is 3.10. The van der Waals surface area contributed by atoms with Crippen molar-refractivity contribution in [2.24, 2.45) is 4.99 Å². The van der Waals surface area contributed by atoms with Gasteiger partial charge in [0.05, 0.1) is 5.52 Å². The topological polar surface area (TPSA) is 41.4 Å². The lowest BCUT2D eigenvalue weighted by molar-refractivity contribution is 0.947. The fourth-order valence-electron chi connectivity index (χ4n) is 3.15. The molecule has 0 amide bonds. The summed E-state index contributed by atoms with van der Waals surface area (Å²) in [5.74, 6) is 1.55. The number of hydrogen-bond acceptors (Lipinski definition) is 4. The second-order valence-corrected chi connectivity index (χ2v) is 5.85. The minimum atomic E-state index is 0.663. The van der Waals surface area contributed by atoms with Crippen LogP contribution in [0.25, 0.3) is 16.5 Å². The van der Waals surface area contributed by atoms with Gasteiger partial charge < -0.3 is 4.90 Å². The van der Waals surface area contributed by atoms with E-state index in [4.69, 9.17) is 9.97 Å². The van der Waals surface area contributed by atoms with Crippen LogP contribution in [0.2, 0.25) is 0 Å². The van der Waals surface area contributed by atoms with Crippen LogP contribution < -0.4 is 4.90 Å². The average molecular weight is 342 g/mol. The highest BCUT2D eigenvalue weighted by Crippen LogP contribution is 2.34. The van der Waals surface area contributed by atoms with Gasteiger partial charge in [-0.3, -0.25) is 4.99 Å². The van der Waals surface area contributed by atoms with E-state index in [1.807, 2.05) is 49.4 Å². The van der Waals surface area contributed by atoms with Crippen LogP contribution in [0.3, 0.4) is 0 Å². The first kappa shape index (κ1) is 17.5. The van der Waals surface area contributed by atoms with Gasteiger partial charge in [-0.25, -0.2) is 9.97 Å². The van der Waals surface area contributed by atoms with Gasteiger partial charge in [0.25, 0.3) is 0 Å². The molecule has 4 heteroatoms. The van der Waals surface area contributed by atoms with E-state index in [2.05, 4.69) is 35.8 Å². The highest BCUT2D eigenvalue weighted by Gasteiger charge is 2.23. The van der Waals surface area contributed by atoms with Crippen LogP contribution in [0, 0.1) is 0 Å². The maximum atomic E-state index is 4.89. The third kappa shape index (κ3) is 3.14. The molecule has 1 aliphatic rings. The molecule has 1 aromatic heterocycles. The Morgan fingerprint density at radius 2 is 2.00 bits per heavy atom. The second kappa shape index (κ2) is 7.74. The molecule has 26 heavy (non-hydrogen) atoms. The summed E-state index contributed by atoms with van der Waals surface area (Å²) in [4.78, 5) is 15.6. The molecule has 0 atom stereocenters. The van der Waals surface area contributed by atoms with Gasteiger partial charge in [-0.15, -0.1) is 0 Å². The van der Waals surface area contributed by atoms with Crippen LogP contribution in [0.5, 0.6) is 0 Å². The van der Waals surface area contributed by atoms with Gasteiger partial charge in [0, 0.05) is 29.4 Å². The fraction of sp³-hybridized carbons (Fsp3) is 0.136. The monoisotopic (exact) mass is 342 g/mol. The zero-order valence-electron chi connectivity index (χ0n) is 15.0. The Morgan fingerprint density at radius 1 is 1.19 bits per heavy atom. The van der Waals surface area contributed by atoms with Crippen molar-refractivity contribution in [2.75, 3.05) is 11.4 Å². The lowest BCUT2D eigenvalue weighted by Gasteiger charge is -2.22. The molecule has 0 fully saturated rings. The summed E-state index contributed by atoms with van der Waals surface area (Å²) in [5.41, 5.74) is 4.05. The van der Waals surface area contributed by atoms with Crippen molar-refractivity contribution in [3.05, 3.63) is 85.0 Å². The molecule has 2 heterocycles. The van der Waals surface area contributed by atoms with Crippen molar-refractivity contribution in [1.82, 2.24) is 9.97 Å². The number of rotatable bonds is 6. The quantitative estimate of drug-likeness (QED) is 0.543. The van der Waals surface area contributed by atoms with Crippen molar-refractivity contribution >= 4 is 29.0 Å². The lowest BCUT2D eigenvalue weighted by Crippen LogP contribution is -2.20. The van der Waals surface area contributed by atoms with E-state index >= 15 is 0 Å². The van der Waals surface area contributed by atoms with E-state index in [-0.39, 0.29) is 0 Å². The molecule has 0 N–H and O–H groups in total. The molecule has 130 valence electrons. The van der Waals surface area contributed by atoms with Gasteiger partial charge in [0.2, 0.25) is 0 Å². The van der Waals surface area contributed by atoms with Gasteiger partial charge >= 0.3 is 0 Å². The highest BCUT2D eigenvalue weighted by atomic mass is 15.2. The molecular formula is C22H22N4. The molecule has 1 aliphatic heterocycles. The van der Waals surface area contributed by atoms with Crippen LogP contribution in [-0.2, 0) is 0 Å². The molecule has 0 saturated heterocycles. The van der Waals surface area contributed by atoms with Gasteiger partial charge in [0.1, 0.15) is 5.82 Å². The third-order valence-corrected chi connectivity index (χ3v) is 4.43. The van der Waals surface area contributed by atoms with Crippen molar-refractivity contribution in [2.45, 2.75) is 13.3 Å². The number of fused-ring (bicyclic) bond motifs is 1. The van der Waals surface area contributed by atoms with Crippen molar-refractivity contribution in [3.8, 4) is 0 Å². The number of anilines is 1. The number of allylic oxidation sites excluding steroid dienone is 5. The van der Waals surface area contributed by atoms with Crippen LogP contribution >= 0.6 is 0 Å². The first-order valence-corrected chi connectivity index (χ1v) is 8.55. The van der Waals surface area contributed by atoms with E-state index in [0.717, 1.165) is 41.0 Å². The van der Waals surface area contributed by atoms with Crippen molar-refractivity contribution in [1.29, 1.82) is 0 Å². The van der Waals surface area contributed by atoms with Crippen LogP contribution in [0.4, 0.5) is 5.82 Å². The number of nitrogens with zero attached hydrogens (tertiary/aromatic N) is 4. The van der Waals surface area contributed by atoms with Crippen molar-refractivity contribution < 1.29 is 0 Å². The Labute approximate surface area is 154 Å². The zero-order chi connectivity index (χ0) is 18.5. The Kier molecular flexibility index (Phi) is 5.23. The van der Waals surface area contributed by atoms with E-state index in [1.165, 1.54) is 5.57 Å². The molecule has 0 aliphatic carbocycles. The molecule has 1 aromatic carbocycles. The molecule has 3 rings (SSSR count). The summed E-state index contributed by atoms with van der Waals surface area (Å²) in [6.45, 7) is 14.2. The van der Waals surface area contributed by atoms with E-state index in [0.29, 0.717) is 5.82 Å². The van der Waals surface area contributed by atoms with Gasteiger partial charge in [-0.05, 0) is 49.9 Å². The summed E-state index contributed by atoms with van der Waals surface area (Å²) in [6, 6.07) is 8.06. The van der Waals surface area contributed by atoms with E-state index in [9.17, 15) is 0 Å². The summed E-state index contributed by atoms with van der Waals surface area (Å²) < 4.78 is 0. The van der Waals surface area contributed by atoms with E-state index in [1.54, 1.807) is 6.20 Å². The van der Waals surface area contributed by atoms with Crippen LogP contribution in [-0.4, -0.2) is 23.2 Å². The smallest absolute Gasteiger partial charge is 0.161 e. The Hall–Kier alpha value is -3.27. The lowest BCUT2D eigenvalue weighted by atomic mass is 10.1. The zero-order valence-corrected chi connectivity index (χ0v) is 15.0. The van der Waals surface area contributed by atoms with Gasteiger partial charge in [-0.2, -0.15) is 0 Å². The van der Waals surface area contributed by atoms with Gasteiger partial charge in [0.15, 0.2) is 5.82 Å². The van der Waals surface area contributed by atoms with Crippen molar-refractivity contribution in [3.63, 3.8) is 0 Å². The minimum absolute atomic E-state index is 0.663. The maximum Gasteiger partial charge on any atom is 0.161 e. The highest BCUT2D eigenvalue weighted by molar-refractivity contribution is 5.92. The minimum Gasteiger partial charge on any atom is -0.325 e. The maximum absolute atomic E-state index is 4.89. The summed E-state index contributed by atoms with van der Waals surface area (Å²) in [7, 11) is 0. The first-order chi connectivity index (χ1) is 12.7. The Balaban J connectivity index is 2.23. The number of para-hydroxylation sites is 1. The molecule has 4 nitrogen and oxygen atoms in total. The molecule has 0 unspecified atom stereocenters. The van der Waals surface area contributed by atoms with Crippen LogP contribution in [0.15, 0.2) is 84.2 Å². The molecule has 0 saturated carbocycles. The molecule has 2 aromatic rings. The number of benzene rings is 1. The van der Waals surface area contributed by atoms with E-state index < -0.39 is 0 Å². The summed E-state index contributed by atoms with van der Waals surface area (Å²) in [6.07, 6.45) is 10.2. The standard InChI is InChI=1S/C22H22N4/c1-5-16-13-15-26(20(16)7-3)22-18-10-8-9-11-19(18)24-21(25-22)17(6-2)12-14-23-4/h5-12,14H,1,3-4,13,15H2,2H3/b14-12-,17-6+. The summed E-state index contributed by atoms with van der Waals surface area (Å²) in [5, 5.41) is 1.02. The second-order valence-electron chi connectivity index (χ2n) is 5.85. The van der Waals surface area contributed by atoms with Crippen LogP contribution in [0.1, 0.15) is 19.2 Å². The Morgan fingerprint density at radius 3 is 2.69 bits per heavy atom. The SMILES string of the molecule is C=CC1=C(C=C)N(c2nc(C(/C=C\N=C)=C/C)nc3ccccc23)CC1. The Bertz CT molecular complexity index is 963. The third-order valence-electron chi connectivity index (χ3n) is 4.43. The predicted molar refractivity (Wildman–Crippen MR) is 111 cm³/mol. The molecular weight excluding hydrogens is 320 g/mol. The van der Waals surface area contributed by atoms with Gasteiger partial charge in [-0.1, -0.05) is 37.4 Å². The normalized spacial score (nSPS) is 15.1. The number of aliphatic imine (C=N–C) groups is 1. The number of aromatic nitrogens is 2. The summed E-state index contributed by atoms with van der Waals surface area (Å²) >= 11 is 0. The number of hydrogen-bond donors (Lipinski definition) is 0. The first-order valence-electron chi connectivity index (χ1n) is 8.55. The fourth-order valence-corrected chi connectivity index (χ4v) is 3.15. The predicted octanol–water partition coefficient (Wildman–Crippen LogP) is 5.08. The molecule has 0 bridgehead atoms. The largest absolute Gasteiger partial charge is 0.325 e.